The van der Waals surface area contributed by atoms with Crippen molar-refractivity contribution >= 4 is 63.4 Å². The number of halogens is 10. The van der Waals surface area contributed by atoms with Crippen molar-refractivity contribution < 1.29 is 153 Å². The number of terminal acetylenes is 1. The minimum atomic E-state index is -2.98. The van der Waals surface area contributed by atoms with E-state index in [1.807, 2.05) is 0 Å². The van der Waals surface area contributed by atoms with Crippen LogP contribution in [0.15, 0.2) is 142 Å². The fourth-order valence-electron chi connectivity index (χ4n) is 7.47. The van der Waals surface area contributed by atoms with Crippen LogP contribution < -0.4 is 95.8 Å². The number of likely N-dealkylation sites (N-methyl/N-ethyl adjacent to an activating group) is 1. The summed E-state index contributed by atoms with van der Waals surface area (Å²) in [6.07, 6.45) is 11.5. The van der Waals surface area contributed by atoms with Crippen molar-refractivity contribution in [3.63, 3.8) is 0 Å². The first kappa shape index (κ1) is 79.8. The van der Waals surface area contributed by atoms with Gasteiger partial charge in [-0.15, -0.1) is 12.3 Å². The zero-order valence-corrected chi connectivity index (χ0v) is 55.9. The van der Waals surface area contributed by atoms with Gasteiger partial charge in [-0.3, -0.25) is 38.7 Å². The molecular weight excluding hydrogens is 1340 g/mol. The number of rotatable bonds is 15. The van der Waals surface area contributed by atoms with Gasteiger partial charge in [0.15, 0.2) is 17.5 Å². The van der Waals surface area contributed by atoms with Crippen molar-refractivity contribution in [2.45, 2.75) is 63.9 Å². The smallest absolute Gasteiger partial charge is 1.00 e. The van der Waals surface area contributed by atoms with Crippen LogP contribution in [0.3, 0.4) is 0 Å². The molecule has 6 aromatic rings. The van der Waals surface area contributed by atoms with E-state index in [0.717, 1.165) is 49.9 Å². The van der Waals surface area contributed by atoms with Crippen molar-refractivity contribution in [1.82, 2.24) is 4.90 Å². The maximum Gasteiger partial charge on any atom is 1.00 e. The summed E-state index contributed by atoms with van der Waals surface area (Å²) in [7, 11) is 3.02. The molecule has 0 bridgehead atoms. The largest absolute Gasteiger partial charge is 1.00 e. The normalized spacial score (nSPS) is 14.4. The van der Waals surface area contributed by atoms with Crippen LogP contribution in [0.5, 0.6) is 17.2 Å². The summed E-state index contributed by atoms with van der Waals surface area (Å²) < 4.78 is 127. The summed E-state index contributed by atoms with van der Waals surface area (Å²) in [5.41, 5.74) is 15.0. The van der Waals surface area contributed by atoms with Gasteiger partial charge in [-0.2, -0.15) is 26.3 Å². The molecule has 3 aliphatic carbocycles. The Morgan fingerprint density at radius 3 is 1.30 bits per heavy atom. The average molecular weight is 1390 g/mol. The van der Waals surface area contributed by atoms with Crippen LogP contribution in [0.1, 0.15) is 104 Å². The predicted octanol–water partition coefficient (Wildman–Crippen LogP) is 4.20. The molecule has 1 heterocycles. The summed E-state index contributed by atoms with van der Waals surface area (Å²) in [6.45, 7) is -9.10. The van der Waals surface area contributed by atoms with Gasteiger partial charge in [0.2, 0.25) is 23.1 Å². The summed E-state index contributed by atoms with van der Waals surface area (Å²) in [5.74, 6) is 9.71. The molecule has 29 heteroatoms. The first-order valence-corrected chi connectivity index (χ1v) is 27.7. The van der Waals surface area contributed by atoms with Gasteiger partial charge in [0.1, 0.15) is 34.7 Å². The Hall–Kier alpha value is -8.43. The van der Waals surface area contributed by atoms with E-state index in [1.165, 1.54) is 135 Å². The van der Waals surface area contributed by atoms with Crippen LogP contribution in [-0.2, 0) is 20.0 Å². The number of ether oxygens (including phenoxy) is 3. The van der Waals surface area contributed by atoms with Gasteiger partial charge in [0.05, 0.1) is 15.6 Å². The minimum Gasteiger partial charge on any atom is -1.00 e. The quantitative estimate of drug-likeness (QED) is 0.0124. The number of nitrogens with two attached hydrogens (primary N) is 3. The minimum absolute atomic E-state index is 0. The van der Waals surface area contributed by atoms with Crippen LogP contribution in [0, 0.1) is 71.2 Å². The van der Waals surface area contributed by atoms with Gasteiger partial charge < -0.3 is 43.0 Å². The van der Waals surface area contributed by atoms with E-state index in [-0.39, 0.29) is 146 Å². The van der Waals surface area contributed by atoms with E-state index in [1.54, 1.807) is 0 Å². The fourth-order valence-corrected chi connectivity index (χ4v) is 7.85. The van der Waals surface area contributed by atoms with Crippen molar-refractivity contribution in [3.05, 3.63) is 194 Å². The molecule has 6 aromatic carbocycles. The van der Waals surface area contributed by atoms with E-state index >= 15 is 0 Å². The van der Waals surface area contributed by atoms with Crippen LogP contribution in [0.2, 0.25) is 0 Å². The van der Waals surface area contributed by atoms with Crippen molar-refractivity contribution in [3.8, 4) is 53.3 Å². The zero-order chi connectivity index (χ0) is 67.8. The third-order valence-electron chi connectivity index (χ3n) is 12.7. The van der Waals surface area contributed by atoms with Gasteiger partial charge in [0.25, 0.3) is 12.4 Å². The number of amides is 1. The maximum atomic E-state index is 14.3. The number of carbonyl (C=O) groups excluding carboxylic acids is 6. The van der Waals surface area contributed by atoms with Gasteiger partial charge >= 0.3 is 78.9 Å². The molecule has 3 fully saturated rings. The first-order chi connectivity index (χ1) is 43.7. The van der Waals surface area contributed by atoms with E-state index in [2.05, 4.69) is 74.6 Å². The molecular formula is C65H54BrF9N6Na2O11. The predicted molar refractivity (Wildman–Crippen MR) is 319 cm³/mol. The number of aliphatic imine (C=N–C) groups is 2. The third kappa shape index (κ3) is 24.8. The fraction of sp³-hybridized carbons (Fsp3) is 0.231. The molecule has 0 radical (unpaired) electrons. The molecule has 6 N–H and O–H groups in total. The Balaban J connectivity index is 0.000000436. The van der Waals surface area contributed by atoms with Crippen molar-refractivity contribution in [2.24, 2.45) is 44.9 Å². The topological polar surface area (TPSA) is 268 Å². The molecule has 10 rings (SSSR count). The SMILES string of the molecule is C#CC1CC1.CN1C(=O)C(c2ccc(OC(F)F)cc2)(c2ccc(F)c(C#CC3CC3)c2)N=C1N.CN=C(N)N.O=C(C(=O)c1ccc(F)c(Br)c1)c1ccc(OC(F)F)cc1.O=C(C(=O)c1ccc(F)c(C#CC2CC2)c1)c1ccc(OC(F)F)cc1.O=CO[O-].[H-].[Na+].[Na+]. The van der Waals surface area contributed by atoms with Crippen molar-refractivity contribution in [2.75, 3.05) is 14.1 Å². The van der Waals surface area contributed by atoms with Crippen LogP contribution in [-0.4, -0.2) is 86.3 Å². The van der Waals surface area contributed by atoms with Gasteiger partial charge in [-0.25, -0.2) is 18.2 Å². The Kier molecular flexibility index (Phi) is 32.8. The Morgan fingerprint density at radius 1 is 0.628 bits per heavy atom. The number of carbonyl (C=O) groups is 6. The van der Waals surface area contributed by atoms with Crippen molar-refractivity contribution in [1.29, 1.82) is 0 Å². The summed E-state index contributed by atoms with van der Waals surface area (Å²) in [4.78, 5) is 82.1. The standard InChI is InChI=1S/C22H18F3N3O2.C20H13F3O3.C15H8BrF3O3.C5H6.C2H7N3.CH2O3.2Na.H/c1-28-19(29)22(27-21(28)26,15-6-9-17(10-7-15)30-20(24)25)16-8-11-18(23)14(12-16)5-4-13-2-3-13;21-17-10-7-15(11-14(17)4-3-12-1-2-12)19(25)18(24)13-5-8-16(9-6-13)26-20(22)23;16-11-7-9(3-6-12(11)17)14(21)13(20)8-1-4-10(5-2-8)22-15(18)19;1-2-5-3-4-5;1-5-2(3)4;2-1-4-3;;;/h6-13,20H,2-3H2,1H3,(H2,26,27);5-12,20H,1-2H2;1-7,15H;1,5H,3-4H2;1H3,(H4,3,4,5);1,3H;;;/q;;;;;;2*+1;-1/p-1. The molecule has 482 valence electrons. The number of alkyl halides is 6. The van der Waals surface area contributed by atoms with Gasteiger partial charge in [-0.1, -0.05) is 41.9 Å². The number of hydrogen-bond donors (Lipinski definition) is 3. The van der Waals surface area contributed by atoms with Crippen LogP contribution in [0.25, 0.3) is 0 Å². The molecule has 1 atom stereocenters. The van der Waals surface area contributed by atoms with E-state index < -0.39 is 71.9 Å². The molecule has 0 spiro atoms. The van der Waals surface area contributed by atoms with Gasteiger partial charge in [-0.05, 0) is 175 Å². The third-order valence-corrected chi connectivity index (χ3v) is 13.3. The number of ketones is 4. The molecule has 1 unspecified atom stereocenters. The number of hydrogen-bond acceptors (Lipinski definition) is 14. The van der Waals surface area contributed by atoms with E-state index in [9.17, 15) is 63.5 Å². The number of guanidine groups is 2. The molecule has 0 aromatic heterocycles. The second kappa shape index (κ2) is 38.7. The monoisotopic (exact) mass is 1390 g/mol. The Bertz CT molecular complexity index is 3870. The molecule has 1 amide bonds. The Labute approximate surface area is 587 Å². The van der Waals surface area contributed by atoms with Crippen LogP contribution >= 0.6 is 15.9 Å². The van der Waals surface area contributed by atoms with Gasteiger partial charge in [0, 0.05) is 54.1 Å². The summed E-state index contributed by atoms with van der Waals surface area (Å²) in [6, 6.07) is 26.2. The molecule has 3 saturated carbocycles. The second-order valence-corrected chi connectivity index (χ2v) is 20.3. The first-order valence-electron chi connectivity index (χ1n) is 27.0. The second-order valence-electron chi connectivity index (χ2n) is 19.5. The summed E-state index contributed by atoms with van der Waals surface area (Å²) >= 11 is 2.93. The molecule has 0 saturated heterocycles. The number of nitrogens with zero attached hydrogens (tertiary/aromatic N) is 3. The summed E-state index contributed by atoms with van der Waals surface area (Å²) in [5, 5.41) is 8.43. The van der Waals surface area contributed by atoms with E-state index in [0.29, 0.717) is 17.0 Å². The average Bonchev–Trinajstić information content (AvgIpc) is 1.57. The molecule has 1 aliphatic heterocycles. The maximum absolute atomic E-state index is 14.3. The zero-order valence-electron chi connectivity index (χ0n) is 51.3. The molecule has 4 aliphatic rings. The van der Waals surface area contributed by atoms with Crippen LogP contribution in [0.4, 0.5) is 39.5 Å². The van der Waals surface area contributed by atoms with E-state index in [4.69, 9.17) is 33.7 Å². The molecule has 17 nitrogen and oxygen atoms in total. The number of benzene rings is 6. The molecule has 94 heavy (non-hydrogen) atoms. The Morgan fingerprint density at radius 2 is 0.968 bits per heavy atom. The number of Topliss-reactive ketones (excluding diaryl/α,β-unsaturated/α-hetero) is 4.